The summed E-state index contributed by atoms with van der Waals surface area (Å²) in [7, 11) is 0. The van der Waals surface area contributed by atoms with Crippen molar-refractivity contribution in [2.45, 2.75) is 12.5 Å². The maximum atomic E-state index is 12.8. The Balaban J connectivity index is 2.15. The summed E-state index contributed by atoms with van der Waals surface area (Å²) in [5, 5.41) is 9.85. The second-order valence-electron chi connectivity index (χ2n) is 3.43. The number of nitrogens with one attached hydrogen (secondary N) is 1. The Hall–Kier alpha value is -1.20. The molecule has 3 nitrogen and oxygen atoms in total. The third-order valence-corrected chi connectivity index (χ3v) is 3.00. The van der Waals surface area contributed by atoms with Crippen molar-refractivity contribution in [1.82, 2.24) is 9.97 Å². The van der Waals surface area contributed by atoms with Crippen molar-refractivity contribution in [2.75, 3.05) is 0 Å². The van der Waals surface area contributed by atoms with Gasteiger partial charge in [-0.3, -0.25) is 0 Å². The van der Waals surface area contributed by atoms with Crippen LogP contribution in [0.2, 0.25) is 0 Å². The van der Waals surface area contributed by atoms with Crippen LogP contribution in [0.15, 0.2) is 35.1 Å². The van der Waals surface area contributed by atoms with E-state index in [0.717, 1.165) is 5.56 Å². The van der Waals surface area contributed by atoms with E-state index in [0.29, 0.717) is 16.7 Å². The van der Waals surface area contributed by atoms with Gasteiger partial charge in [0.2, 0.25) is 0 Å². The number of aromatic nitrogens is 2. The highest BCUT2D eigenvalue weighted by Gasteiger charge is 2.12. The molecule has 2 rings (SSSR count). The van der Waals surface area contributed by atoms with Crippen molar-refractivity contribution in [1.29, 1.82) is 0 Å². The van der Waals surface area contributed by atoms with Gasteiger partial charge in [-0.25, -0.2) is 9.37 Å². The molecular formula is C11H10BrFN2O. The molecule has 0 fully saturated rings. The molecule has 84 valence electrons. The molecule has 0 saturated carbocycles. The van der Waals surface area contributed by atoms with Crippen LogP contribution in [0.3, 0.4) is 0 Å². The van der Waals surface area contributed by atoms with E-state index in [-0.39, 0.29) is 5.82 Å². The second kappa shape index (κ2) is 4.76. The van der Waals surface area contributed by atoms with Gasteiger partial charge in [0.15, 0.2) is 0 Å². The number of H-pyrrole nitrogens is 1. The van der Waals surface area contributed by atoms with E-state index in [2.05, 4.69) is 25.9 Å². The predicted molar refractivity (Wildman–Crippen MR) is 61.4 cm³/mol. The lowest BCUT2D eigenvalue weighted by molar-refractivity contribution is 0.169. The fourth-order valence-electron chi connectivity index (χ4n) is 1.45. The van der Waals surface area contributed by atoms with Gasteiger partial charge in [-0.05, 0) is 17.7 Å². The number of hydrogen-bond donors (Lipinski definition) is 2. The fourth-order valence-corrected chi connectivity index (χ4v) is 1.96. The Kier molecular flexibility index (Phi) is 3.36. The summed E-state index contributed by atoms with van der Waals surface area (Å²) >= 11 is 3.26. The normalized spacial score (nSPS) is 12.7. The van der Waals surface area contributed by atoms with Gasteiger partial charge in [-0.2, -0.15) is 0 Å². The van der Waals surface area contributed by atoms with Crippen LogP contribution >= 0.6 is 15.9 Å². The van der Waals surface area contributed by atoms with Crippen LogP contribution in [-0.2, 0) is 6.42 Å². The zero-order valence-electron chi connectivity index (χ0n) is 8.32. The minimum atomic E-state index is -0.711. The molecule has 1 aromatic carbocycles. The number of rotatable bonds is 3. The molecule has 1 heterocycles. The molecule has 0 aliphatic heterocycles. The highest BCUT2D eigenvalue weighted by molar-refractivity contribution is 9.10. The summed E-state index contributed by atoms with van der Waals surface area (Å²) in [5.74, 6) is 0.208. The number of hydrogen-bond acceptors (Lipinski definition) is 2. The van der Waals surface area contributed by atoms with Crippen LogP contribution in [0, 0.1) is 5.82 Å². The van der Waals surface area contributed by atoms with Gasteiger partial charge < -0.3 is 10.1 Å². The van der Waals surface area contributed by atoms with Crippen molar-refractivity contribution >= 4 is 15.9 Å². The van der Waals surface area contributed by atoms with Gasteiger partial charge in [0.05, 0.1) is 0 Å². The first kappa shape index (κ1) is 11.3. The lowest BCUT2D eigenvalue weighted by Crippen LogP contribution is -2.04. The van der Waals surface area contributed by atoms with Gasteiger partial charge in [-0.1, -0.05) is 22.0 Å². The molecule has 16 heavy (non-hydrogen) atoms. The quantitative estimate of drug-likeness (QED) is 0.910. The van der Waals surface area contributed by atoms with Gasteiger partial charge in [0.1, 0.15) is 17.7 Å². The van der Waals surface area contributed by atoms with Gasteiger partial charge >= 0.3 is 0 Å². The van der Waals surface area contributed by atoms with E-state index in [1.54, 1.807) is 18.5 Å². The highest BCUT2D eigenvalue weighted by Crippen LogP contribution is 2.23. The summed E-state index contributed by atoms with van der Waals surface area (Å²) in [6.45, 7) is 0. The van der Waals surface area contributed by atoms with Crippen LogP contribution in [0.25, 0.3) is 0 Å². The lowest BCUT2D eigenvalue weighted by Gasteiger charge is -2.09. The molecule has 1 atom stereocenters. The summed E-state index contributed by atoms with van der Waals surface area (Å²) in [6, 6.07) is 4.39. The average molecular weight is 285 g/mol. The SMILES string of the molecule is OC(Cc1ccc(F)cc1Br)c1ncc[nH]1. The molecule has 2 N–H and O–H groups in total. The zero-order valence-corrected chi connectivity index (χ0v) is 9.91. The molecule has 0 bridgehead atoms. The molecule has 0 aliphatic carbocycles. The van der Waals surface area contributed by atoms with Crippen LogP contribution in [0.4, 0.5) is 4.39 Å². The second-order valence-corrected chi connectivity index (χ2v) is 4.28. The van der Waals surface area contributed by atoms with Gasteiger partial charge in [-0.15, -0.1) is 0 Å². The smallest absolute Gasteiger partial charge is 0.135 e. The molecule has 5 heteroatoms. The highest BCUT2D eigenvalue weighted by atomic mass is 79.9. The molecule has 0 radical (unpaired) electrons. The zero-order chi connectivity index (χ0) is 11.5. The standard InChI is InChI=1S/C11H10BrFN2O/c12-9-6-8(13)2-1-7(9)5-10(16)11-14-3-4-15-11/h1-4,6,10,16H,5H2,(H,14,15). The summed E-state index contributed by atoms with van der Waals surface area (Å²) in [6.07, 6.45) is 2.90. The maximum Gasteiger partial charge on any atom is 0.135 e. The minimum Gasteiger partial charge on any atom is -0.385 e. The van der Waals surface area contributed by atoms with Crippen LogP contribution < -0.4 is 0 Å². The number of nitrogens with zero attached hydrogens (tertiary/aromatic N) is 1. The average Bonchev–Trinajstić information content (AvgIpc) is 2.75. The van der Waals surface area contributed by atoms with Crippen molar-refractivity contribution in [3.63, 3.8) is 0 Å². The van der Waals surface area contributed by atoms with E-state index in [4.69, 9.17) is 0 Å². The molecule has 1 aromatic heterocycles. The summed E-state index contributed by atoms with van der Waals surface area (Å²) in [4.78, 5) is 6.80. The molecule has 0 amide bonds. The lowest BCUT2D eigenvalue weighted by atomic mass is 10.1. The van der Waals surface area contributed by atoms with Crippen LogP contribution in [0.5, 0.6) is 0 Å². The first-order valence-corrected chi connectivity index (χ1v) is 5.57. The van der Waals surface area contributed by atoms with Crippen LogP contribution in [0.1, 0.15) is 17.5 Å². The van der Waals surface area contributed by atoms with Crippen molar-refractivity contribution < 1.29 is 9.50 Å². The van der Waals surface area contributed by atoms with Crippen LogP contribution in [-0.4, -0.2) is 15.1 Å². The van der Waals surface area contributed by atoms with E-state index in [9.17, 15) is 9.50 Å². The Bertz CT molecular complexity index is 473. The number of benzene rings is 1. The van der Waals surface area contributed by atoms with E-state index in [1.165, 1.54) is 12.1 Å². The monoisotopic (exact) mass is 284 g/mol. The molecule has 2 aromatic rings. The number of halogens is 2. The minimum absolute atomic E-state index is 0.303. The number of aromatic amines is 1. The van der Waals surface area contributed by atoms with E-state index < -0.39 is 6.10 Å². The topological polar surface area (TPSA) is 48.9 Å². The van der Waals surface area contributed by atoms with Crippen molar-refractivity contribution in [3.8, 4) is 0 Å². The number of imidazole rings is 1. The van der Waals surface area contributed by atoms with Crippen molar-refractivity contribution in [3.05, 3.63) is 52.3 Å². The Morgan fingerprint density at radius 2 is 2.31 bits per heavy atom. The summed E-state index contributed by atoms with van der Waals surface area (Å²) < 4.78 is 13.5. The molecule has 0 aliphatic rings. The maximum absolute atomic E-state index is 12.8. The molecule has 0 spiro atoms. The predicted octanol–water partition coefficient (Wildman–Crippen LogP) is 2.59. The summed E-state index contributed by atoms with van der Waals surface area (Å²) in [5.41, 5.74) is 0.838. The first-order valence-electron chi connectivity index (χ1n) is 4.78. The molecular weight excluding hydrogens is 275 g/mol. The molecule has 1 unspecified atom stereocenters. The number of aliphatic hydroxyl groups excluding tert-OH is 1. The third kappa shape index (κ3) is 2.48. The van der Waals surface area contributed by atoms with Crippen molar-refractivity contribution in [2.24, 2.45) is 0 Å². The largest absolute Gasteiger partial charge is 0.385 e. The first-order chi connectivity index (χ1) is 7.66. The molecule has 0 saturated heterocycles. The van der Waals surface area contributed by atoms with Gasteiger partial charge in [0.25, 0.3) is 0 Å². The third-order valence-electron chi connectivity index (χ3n) is 2.26. The number of aliphatic hydroxyl groups is 1. The van der Waals surface area contributed by atoms with Gasteiger partial charge in [0, 0.05) is 23.3 Å². The fraction of sp³-hybridized carbons (Fsp3) is 0.182. The Morgan fingerprint density at radius 3 is 2.94 bits per heavy atom. The van der Waals surface area contributed by atoms with E-state index >= 15 is 0 Å². The van der Waals surface area contributed by atoms with E-state index in [1.807, 2.05) is 0 Å². The Morgan fingerprint density at radius 1 is 1.50 bits per heavy atom. The Labute approximate surface area is 100 Å².